The Morgan fingerprint density at radius 2 is 1.33 bits per heavy atom. The predicted octanol–water partition coefficient (Wildman–Crippen LogP) is -1.33. The molecule has 0 unspecified atom stereocenters. The highest BCUT2D eigenvalue weighted by atomic mass is 15.2. The summed E-state index contributed by atoms with van der Waals surface area (Å²) in [5.74, 6) is 0.615. The summed E-state index contributed by atoms with van der Waals surface area (Å²) in [5.41, 5.74) is 21.6. The summed E-state index contributed by atoms with van der Waals surface area (Å²) in [5, 5.41) is 2.71. The summed E-state index contributed by atoms with van der Waals surface area (Å²) in [6, 6.07) is 0. The van der Waals surface area contributed by atoms with Gasteiger partial charge in [0.2, 0.25) is 0 Å². The Hall–Kier alpha value is -1.99. The molecule has 0 aromatic heterocycles. The fraction of sp³-hybridized carbons (Fsp3) is 0.700. The normalized spacial score (nSPS) is 12.3. The van der Waals surface area contributed by atoms with E-state index in [1.165, 1.54) is 0 Å². The molecule has 0 spiro atoms. The van der Waals surface area contributed by atoms with Crippen LogP contribution in [0.4, 0.5) is 0 Å². The maximum atomic E-state index is 5.61. The highest BCUT2D eigenvalue weighted by Gasteiger charge is 1.94. The Bertz CT molecular complexity index is 303. The number of guanidine groups is 3. The van der Waals surface area contributed by atoms with Gasteiger partial charge < -0.3 is 22.9 Å². The Balaban J connectivity index is 3.82. The smallest absolute Gasteiger partial charge is 0.195 e. The van der Waals surface area contributed by atoms with Gasteiger partial charge in [-0.2, -0.15) is 0 Å². The van der Waals surface area contributed by atoms with E-state index in [2.05, 4.69) is 27.2 Å². The van der Waals surface area contributed by atoms with Gasteiger partial charge in [-0.05, 0) is 12.8 Å². The van der Waals surface area contributed by atoms with Crippen LogP contribution in [0.3, 0.4) is 0 Å². The van der Waals surface area contributed by atoms with Crippen LogP contribution in [0.1, 0.15) is 26.2 Å². The first-order valence-electron chi connectivity index (χ1n) is 5.98. The van der Waals surface area contributed by atoms with Crippen molar-refractivity contribution in [2.24, 2.45) is 37.9 Å². The molecule has 8 nitrogen and oxygen atoms in total. The third-order valence-electron chi connectivity index (χ3n) is 1.94. The van der Waals surface area contributed by atoms with Crippen molar-refractivity contribution < 1.29 is 0 Å². The molecule has 0 atom stereocenters. The van der Waals surface area contributed by atoms with Crippen molar-refractivity contribution in [3.63, 3.8) is 0 Å². The lowest BCUT2D eigenvalue weighted by atomic mass is 10.3. The summed E-state index contributed by atoms with van der Waals surface area (Å²) < 4.78 is 0. The zero-order valence-corrected chi connectivity index (χ0v) is 10.9. The Morgan fingerprint density at radius 1 is 0.833 bits per heavy atom. The summed E-state index contributed by atoms with van der Waals surface area (Å²) >= 11 is 0. The van der Waals surface area contributed by atoms with Crippen LogP contribution in [0.2, 0.25) is 0 Å². The van der Waals surface area contributed by atoms with E-state index < -0.39 is 0 Å². The van der Waals surface area contributed by atoms with Gasteiger partial charge in [-0.3, -0.25) is 20.3 Å². The van der Waals surface area contributed by atoms with Crippen LogP contribution < -0.4 is 28.3 Å². The van der Waals surface area contributed by atoms with Crippen LogP contribution in [0, 0.1) is 0 Å². The molecule has 0 rings (SSSR count). The lowest BCUT2D eigenvalue weighted by Gasteiger charge is -2.04. The van der Waals surface area contributed by atoms with E-state index in [-0.39, 0.29) is 17.9 Å². The Kier molecular flexibility index (Phi) is 9.06. The van der Waals surface area contributed by atoms with Crippen molar-refractivity contribution in [3.05, 3.63) is 0 Å². The van der Waals surface area contributed by atoms with E-state index in [9.17, 15) is 0 Å². The van der Waals surface area contributed by atoms with Gasteiger partial charge >= 0.3 is 0 Å². The van der Waals surface area contributed by atoms with Crippen molar-refractivity contribution in [3.8, 4) is 0 Å². The van der Waals surface area contributed by atoms with Gasteiger partial charge in [0.05, 0.1) is 0 Å². The molecule has 0 aliphatic rings. The SMILES string of the molecule is CCCCN=C(N)NC(N)=NCCCN=C(N)N. The molecule has 0 bridgehead atoms. The number of hydrogen-bond acceptors (Lipinski definition) is 3. The van der Waals surface area contributed by atoms with Gasteiger partial charge in [0, 0.05) is 19.6 Å². The van der Waals surface area contributed by atoms with Crippen LogP contribution in [0.15, 0.2) is 15.0 Å². The first-order chi connectivity index (χ1) is 8.56. The van der Waals surface area contributed by atoms with Crippen LogP contribution in [-0.2, 0) is 0 Å². The maximum absolute atomic E-state index is 5.61. The molecule has 0 amide bonds. The zero-order valence-electron chi connectivity index (χ0n) is 10.9. The molecule has 0 radical (unpaired) electrons. The van der Waals surface area contributed by atoms with Crippen LogP contribution in [0.25, 0.3) is 0 Å². The molecule has 0 aromatic carbocycles. The zero-order chi connectivity index (χ0) is 13.8. The second kappa shape index (κ2) is 10.2. The summed E-state index contributed by atoms with van der Waals surface area (Å²) in [4.78, 5) is 12.0. The molecular formula is C10H24N8. The molecule has 0 saturated heterocycles. The second-order valence-corrected chi connectivity index (χ2v) is 3.67. The average Bonchev–Trinajstić information content (AvgIpc) is 2.28. The van der Waals surface area contributed by atoms with Gasteiger partial charge in [0.1, 0.15) is 0 Å². The largest absolute Gasteiger partial charge is 0.370 e. The fourth-order valence-electron chi connectivity index (χ4n) is 1.05. The van der Waals surface area contributed by atoms with Gasteiger partial charge in [0.15, 0.2) is 17.9 Å². The van der Waals surface area contributed by atoms with Crippen molar-refractivity contribution in [1.29, 1.82) is 0 Å². The minimum absolute atomic E-state index is 0.0809. The second-order valence-electron chi connectivity index (χ2n) is 3.67. The molecule has 9 N–H and O–H groups in total. The average molecular weight is 256 g/mol. The molecule has 0 heterocycles. The number of nitrogens with one attached hydrogen (secondary N) is 1. The van der Waals surface area contributed by atoms with Crippen molar-refractivity contribution in [2.75, 3.05) is 19.6 Å². The molecule has 104 valence electrons. The lowest BCUT2D eigenvalue weighted by molar-refractivity contribution is 0.803. The molecule has 0 aliphatic carbocycles. The van der Waals surface area contributed by atoms with Gasteiger partial charge in [-0.1, -0.05) is 13.3 Å². The molecule has 0 aromatic rings. The van der Waals surface area contributed by atoms with E-state index in [1.807, 2.05) is 0 Å². The number of nitrogens with two attached hydrogens (primary N) is 4. The van der Waals surface area contributed by atoms with E-state index >= 15 is 0 Å². The van der Waals surface area contributed by atoms with E-state index in [4.69, 9.17) is 22.9 Å². The number of nitrogens with zero attached hydrogens (tertiary/aromatic N) is 3. The van der Waals surface area contributed by atoms with Crippen LogP contribution in [-0.4, -0.2) is 37.5 Å². The van der Waals surface area contributed by atoms with Crippen LogP contribution in [0.5, 0.6) is 0 Å². The van der Waals surface area contributed by atoms with Crippen molar-refractivity contribution in [2.45, 2.75) is 26.2 Å². The third kappa shape index (κ3) is 10.5. The van der Waals surface area contributed by atoms with E-state index in [1.54, 1.807) is 0 Å². The molecule has 18 heavy (non-hydrogen) atoms. The number of unbranched alkanes of at least 4 members (excludes halogenated alkanes) is 1. The Labute approximate surface area is 108 Å². The maximum Gasteiger partial charge on any atom is 0.195 e. The number of aliphatic imine (C=N–C) groups is 3. The molecule has 0 saturated carbocycles. The van der Waals surface area contributed by atoms with Gasteiger partial charge in [0.25, 0.3) is 0 Å². The van der Waals surface area contributed by atoms with Crippen molar-refractivity contribution in [1.82, 2.24) is 5.32 Å². The summed E-state index contributed by atoms with van der Waals surface area (Å²) in [7, 11) is 0. The first-order valence-corrected chi connectivity index (χ1v) is 5.98. The molecule has 0 fully saturated rings. The standard InChI is InChI=1S/C10H24N8/c1-2-3-5-16-9(13)18-10(14)17-7-4-6-15-8(11)12/h2-7H2,1H3,(H4,11,12,15)(H5,13,14,16,17,18). The van der Waals surface area contributed by atoms with Gasteiger partial charge in [-0.15, -0.1) is 0 Å². The molecule has 8 heteroatoms. The van der Waals surface area contributed by atoms with E-state index in [0.717, 1.165) is 12.8 Å². The first kappa shape index (κ1) is 16.0. The quantitative estimate of drug-likeness (QED) is 0.217. The fourth-order valence-corrected chi connectivity index (χ4v) is 1.05. The monoisotopic (exact) mass is 256 g/mol. The summed E-state index contributed by atoms with van der Waals surface area (Å²) in [6.07, 6.45) is 2.79. The van der Waals surface area contributed by atoms with Gasteiger partial charge in [-0.25, -0.2) is 0 Å². The van der Waals surface area contributed by atoms with E-state index in [0.29, 0.717) is 26.1 Å². The molecular weight excluding hydrogens is 232 g/mol. The minimum atomic E-state index is 0.0809. The number of hydrogen-bond donors (Lipinski definition) is 5. The number of rotatable bonds is 7. The van der Waals surface area contributed by atoms with Crippen molar-refractivity contribution >= 4 is 17.9 Å². The highest BCUT2D eigenvalue weighted by molar-refractivity contribution is 5.96. The topological polar surface area (TPSA) is 153 Å². The summed E-state index contributed by atoms with van der Waals surface area (Å²) in [6.45, 7) is 3.83. The highest BCUT2D eigenvalue weighted by Crippen LogP contribution is 1.86. The third-order valence-corrected chi connectivity index (χ3v) is 1.94. The van der Waals surface area contributed by atoms with Crippen LogP contribution >= 0.6 is 0 Å². The molecule has 0 aliphatic heterocycles. The lowest BCUT2D eigenvalue weighted by Crippen LogP contribution is -2.41. The predicted molar refractivity (Wildman–Crippen MR) is 76.3 cm³/mol. The minimum Gasteiger partial charge on any atom is -0.370 e. The Morgan fingerprint density at radius 3 is 1.83 bits per heavy atom.